The van der Waals surface area contributed by atoms with E-state index in [1.54, 1.807) is 19.2 Å². The number of nitrogens with one attached hydrogen (secondary N) is 1. The van der Waals surface area contributed by atoms with Crippen LogP contribution in [0.3, 0.4) is 0 Å². The van der Waals surface area contributed by atoms with Crippen LogP contribution in [0.15, 0.2) is 18.2 Å². The molecule has 104 valence electrons. The Kier molecular flexibility index (Phi) is 2.97. The van der Waals surface area contributed by atoms with E-state index in [-0.39, 0.29) is 18.1 Å². The number of hydrogen-bond donors (Lipinski definition) is 2. The third kappa shape index (κ3) is 2.05. The molecule has 20 heavy (non-hydrogen) atoms. The molecule has 1 aliphatic rings. The number of ketones is 1. The van der Waals surface area contributed by atoms with Crippen LogP contribution in [-0.4, -0.2) is 29.0 Å². The lowest BCUT2D eigenvalue weighted by Gasteiger charge is -2.01. The minimum absolute atomic E-state index is 0.0134. The first kappa shape index (κ1) is 12.7. The Hall–Kier alpha value is -2.30. The molecule has 2 N–H and O–H groups in total. The second kappa shape index (κ2) is 4.67. The molecule has 0 bridgehead atoms. The Balaban J connectivity index is 2.20. The molecule has 0 saturated heterocycles. The number of aliphatic carboxylic acids is 1. The highest BCUT2D eigenvalue weighted by Crippen LogP contribution is 2.36. The molecule has 3 rings (SSSR count). The van der Waals surface area contributed by atoms with Crippen molar-refractivity contribution in [3.63, 3.8) is 0 Å². The molecule has 1 aromatic heterocycles. The van der Waals surface area contributed by atoms with Crippen molar-refractivity contribution in [3.05, 3.63) is 29.5 Å². The van der Waals surface area contributed by atoms with E-state index in [1.165, 1.54) is 0 Å². The van der Waals surface area contributed by atoms with Gasteiger partial charge in [-0.3, -0.25) is 9.59 Å². The molecular formula is C15H15NO4. The average molecular weight is 273 g/mol. The van der Waals surface area contributed by atoms with Crippen LogP contribution in [0.25, 0.3) is 10.9 Å². The Morgan fingerprint density at radius 1 is 1.40 bits per heavy atom. The number of aromatic nitrogens is 1. The number of benzene rings is 1. The van der Waals surface area contributed by atoms with E-state index in [2.05, 4.69) is 4.98 Å². The highest BCUT2D eigenvalue weighted by molar-refractivity contribution is 6.06. The lowest BCUT2D eigenvalue weighted by Crippen LogP contribution is -2.08. The van der Waals surface area contributed by atoms with Crippen LogP contribution in [0.4, 0.5) is 0 Å². The molecule has 5 heteroatoms. The maximum Gasteiger partial charge on any atom is 0.307 e. The third-order valence-electron chi connectivity index (χ3n) is 3.65. The summed E-state index contributed by atoms with van der Waals surface area (Å²) in [7, 11) is 1.55. The summed E-state index contributed by atoms with van der Waals surface area (Å²) in [5, 5.41) is 9.82. The Bertz CT molecular complexity index is 697. The molecule has 5 nitrogen and oxygen atoms in total. The number of methoxy groups -OCH3 is 1. The summed E-state index contributed by atoms with van der Waals surface area (Å²) in [6.45, 7) is 0. The van der Waals surface area contributed by atoms with Crippen molar-refractivity contribution in [2.75, 3.05) is 7.11 Å². The predicted octanol–water partition coefficient (Wildman–Crippen LogP) is 2.40. The van der Waals surface area contributed by atoms with Gasteiger partial charge in [0.2, 0.25) is 0 Å². The summed E-state index contributed by atoms with van der Waals surface area (Å²) in [5.41, 5.74) is 1.67. The molecule has 2 aromatic rings. The second-order valence-electron chi connectivity index (χ2n) is 5.07. The number of ether oxygens (including phenoxy) is 1. The van der Waals surface area contributed by atoms with Crippen LogP contribution in [0.5, 0.6) is 5.75 Å². The van der Waals surface area contributed by atoms with E-state index in [9.17, 15) is 9.59 Å². The number of para-hydroxylation sites is 1. The van der Waals surface area contributed by atoms with Crippen LogP contribution in [0.1, 0.15) is 28.9 Å². The monoisotopic (exact) mass is 273 g/mol. The maximum absolute atomic E-state index is 12.3. The normalized spacial score (nSPS) is 14.4. The number of fused-ring (bicyclic) bond motifs is 1. The van der Waals surface area contributed by atoms with Crippen LogP contribution < -0.4 is 4.74 Å². The minimum Gasteiger partial charge on any atom is -0.495 e. The smallest absolute Gasteiger partial charge is 0.307 e. The van der Waals surface area contributed by atoms with Crippen LogP contribution >= 0.6 is 0 Å². The van der Waals surface area contributed by atoms with Gasteiger partial charge in [-0.25, -0.2) is 0 Å². The number of carboxylic acids is 1. The van der Waals surface area contributed by atoms with Gasteiger partial charge in [0.25, 0.3) is 0 Å². The van der Waals surface area contributed by atoms with Crippen molar-refractivity contribution in [2.24, 2.45) is 5.92 Å². The van der Waals surface area contributed by atoms with Crippen LogP contribution in [0.2, 0.25) is 0 Å². The van der Waals surface area contributed by atoms with Gasteiger partial charge in [-0.05, 0) is 24.5 Å². The summed E-state index contributed by atoms with van der Waals surface area (Å²) in [6.07, 6.45) is 1.61. The molecule has 1 aromatic carbocycles. The zero-order valence-corrected chi connectivity index (χ0v) is 11.1. The summed E-state index contributed by atoms with van der Waals surface area (Å²) < 4.78 is 5.27. The Morgan fingerprint density at radius 2 is 2.15 bits per heavy atom. The standard InChI is InChI=1S/C15H15NO4/c1-20-11-4-2-3-9-10(7-12(17)18)14(16-13(9)11)15(19)8-5-6-8/h2-4,8,16H,5-7H2,1H3,(H,17,18). The first-order valence-electron chi connectivity index (χ1n) is 6.55. The van der Waals surface area contributed by atoms with Gasteiger partial charge in [0.1, 0.15) is 5.75 Å². The molecular weight excluding hydrogens is 258 g/mol. The van der Waals surface area contributed by atoms with E-state index in [0.29, 0.717) is 22.5 Å². The second-order valence-corrected chi connectivity index (χ2v) is 5.07. The van der Waals surface area contributed by atoms with E-state index in [1.807, 2.05) is 6.07 Å². The Morgan fingerprint density at radius 3 is 2.75 bits per heavy atom. The number of H-pyrrole nitrogens is 1. The zero-order chi connectivity index (χ0) is 14.3. The van der Waals surface area contributed by atoms with Crippen molar-refractivity contribution in [3.8, 4) is 5.75 Å². The molecule has 0 radical (unpaired) electrons. The SMILES string of the molecule is COc1cccc2c(CC(=O)O)c(C(=O)C3CC3)[nH]c12. The van der Waals surface area contributed by atoms with Crippen molar-refractivity contribution >= 4 is 22.7 Å². The molecule has 1 heterocycles. The van der Waals surface area contributed by atoms with Gasteiger partial charge in [0.15, 0.2) is 5.78 Å². The average Bonchev–Trinajstić information content (AvgIpc) is 3.21. The molecule has 1 fully saturated rings. The van der Waals surface area contributed by atoms with Crippen molar-refractivity contribution in [1.82, 2.24) is 4.98 Å². The number of carbonyl (C=O) groups excluding carboxylic acids is 1. The maximum atomic E-state index is 12.3. The summed E-state index contributed by atoms with van der Waals surface area (Å²) in [4.78, 5) is 26.5. The summed E-state index contributed by atoms with van der Waals surface area (Å²) in [5.74, 6) is -0.274. The van der Waals surface area contributed by atoms with Crippen LogP contribution in [-0.2, 0) is 11.2 Å². The first-order valence-corrected chi connectivity index (χ1v) is 6.55. The number of carbonyl (C=O) groups is 2. The molecule has 1 aliphatic carbocycles. The summed E-state index contributed by atoms with van der Waals surface area (Å²) >= 11 is 0. The third-order valence-corrected chi connectivity index (χ3v) is 3.65. The van der Waals surface area contributed by atoms with E-state index in [0.717, 1.165) is 18.2 Å². The van der Waals surface area contributed by atoms with Gasteiger partial charge in [-0.1, -0.05) is 12.1 Å². The Labute approximate surface area is 115 Å². The molecule has 0 spiro atoms. The summed E-state index contributed by atoms with van der Waals surface area (Å²) in [6, 6.07) is 5.40. The van der Waals surface area contributed by atoms with Gasteiger partial charge >= 0.3 is 5.97 Å². The van der Waals surface area contributed by atoms with E-state index < -0.39 is 5.97 Å². The highest BCUT2D eigenvalue weighted by atomic mass is 16.5. The fourth-order valence-corrected chi connectivity index (χ4v) is 2.51. The number of rotatable bonds is 5. The first-order chi connectivity index (χ1) is 9.61. The predicted molar refractivity (Wildman–Crippen MR) is 73.2 cm³/mol. The van der Waals surface area contributed by atoms with Gasteiger partial charge in [-0.2, -0.15) is 0 Å². The number of carboxylic acid groups (broad SMARTS) is 1. The lowest BCUT2D eigenvalue weighted by molar-refractivity contribution is -0.136. The van der Waals surface area contributed by atoms with Crippen molar-refractivity contribution in [2.45, 2.75) is 19.3 Å². The van der Waals surface area contributed by atoms with Gasteiger partial charge < -0.3 is 14.8 Å². The minimum atomic E-state index is -0.946. The van der Waals surface area contributed by atoms with Gasteiger partial charge in [0.05, 0.1) is 24.7 Å². The number of hydrogen-bond acceptors (Lipinski definition) is 3. The van der Waals surface area contributed by atoms with Crippen molar-refractivity contribution < 1.29 is 19.4 Å². The van der Waals surface area contributed by atoms with Crippen molar-refractivity contribution in [1.29, 1.82) is 0 Å². The highest BCUT2D eigenvalue weighted by Gasteiger charge is 2.33. The zero-order valence-electron chi connectivity index (χ0n) is 11.1. The topological polar surface area (TPSA) is 79.4 Å². The van der Waals surface area contributed by atoms with Gasteiger partial charge in [0, 0.05) is 11.3 Å². The quantitative estimate of drug-likeness (QED) is 0.820. The van der Waals surface area contributed by atoms with Crippen LogP contribution in [0, 0.1) is 5.92 Å². The lowest BCUT2D eigenvalue weighted by atomic mass is 10.0. The largest absolute Gasteiger partial charge is 0.495 e. The number of aromatic amines is 1. The van der Waals surface area contributed by atoms with E-state index >= 15 is 0 Å². The molecule has 1 saturated carbocycles. The molecule has 0 aliphatic heterocycles. The molecule has 0 amide bonds. The van der Waals surface area contributed by atoms with Gasteiger partial charge in [-0.15, -0.1) is 0 Å². The molecule has 0 atom stereocenters. The fraction of sp³-hybridized carbons (Fsp3) is 0.333. The fourth-order valence-electron chi connectivity index (χ4n) is 2.51. The van der Waals surface area contributed by atoms with E-state index in [4.69, 9.17) is 9.84 Å². The number of Topliss-reactive ketones (excluding diaryl/α,β-unsaturated/α-hetero) is 1. The molecule has 0 unspecified atom stereocenters.